The maximum atomic E-state index is 14.1. The maximum Gasteiger partial charge on any atom is 0.410 e. The van der Waals surface area contributed by atoms with E-state index in [0.717, 1.165) is 18.4 Å². The Morgan fingerprint density at radius 2 is 1.76 bits per heavy atom. The van der Waals surface area contributed by atoms with Gasteiger partial charge in [-0.05, 0) is 50.5 Å². The summed E-state index contributed by atoms with van der Waals surface area (Å²) < 4.78 is 69.9. The number of nitrogens with zero attached hydrogens (tertiary/aromatic N) is 3. The van der Waals surface area contributed by atoms with Crippen molar-refractivity contribution in [2.24, 2.45) is 0 Å². The summed E-state index contributed by atoms with van der Waals surface area (Å²) in [5, 5.41) is 11.6. The van der Waals surface area contributed by atoms with Gasteiger partial charge in [0, 0.05) is 12.6 Å². The molecule has 45 heavy (non-hydrogen) atoms. The van der Waals surface area contributed by atoms with Gasteiger partial charge < -0.3 is 9.16 Å². The summed E-state index contributed by atoms with van der Waals surface area (Å²) in [5.74, 6) is 0. The second-order valence-electron chi connectivity index (χ2n) is 13.1. The first-order chi connectivity index (χ1) is 20.4. The molecule has 0 radical (unpaired) electrons. The fourth-order valence-corrected chi connectivity index (χ4v) is 6.92. The van der Waals surface area contributed by atoms with E-state index in [1.807, 2.05) is 33.9 Å². The van der Waals surface area contributed by atoms with Crippen LogP contribution in [0.25, 0.3) is 0 Å². The number of sulfonamides is 1. The number of nitro groups is 1. The van der Waals surface area contributed by atoms with Crippen molar-refractivity contribution in [2.45, 2.75) is 82.3 Å². The van der Waals surface area contributed by atoms with Crippen LogP contribution >= 0.6 is 0 Å². The van der Waals surface area contributed by atoms with Crippen molar-refractivity contribution in [1.29, 1.82) is 0 Å². The molecular formula is C28H45N3O11S2Si. The number of hydrogen-bond donors (Lipinski definition) is 0. The van der Waals surface area contributed by atoms with Crippen LogP contribution in [0.3, 0.4) is 0 Å². The Bertz CT molecular complexity index is 1500. The number of hydrogen-bond acceptors (Lipinski definition) is 11. The minimum atomic E-state index is -4.82. The second-order valence-corrected chi connectivity index (χ2v) is 21.3. The topological polar surface area (TPSA) is 172 Å². The third kappa shape index (κ3) is 10.4. The van der Waals surface area contributed by atoms with Crippen molar-refractivity contribution >= 4 is 40.2 Å². The number of carbonyl (C=O) groups excluding carboxylic acids is 1. The van der Waals surface area contributed by atoms with Crippen LogP contribution in [0.5, 0.6) is 0 Å². The minimum Gasteiger partial charge on any atom is -0.444 e. The van der Waals surface area contributed by atoms with Gasteiger partial charge in [0.2, 0.25) is 0 Å². The predicted molar refractivity (Wildman–Crippen MR) is 171 cm³/mol. The van der Waals surface area contributed by atoms with Gasteiger partial charge in [0.05, 0.1) is 43.1 Å². The Morgan fingerprint density at radius 1 is 1.16 bits per heavy atom. The molecule has 14 nitrogen and oxygen atoms in total. The van der Waals surface area contributed by atoms with Crippen LogP contribution in [0.4, 0.5) is 10.5 Å². The molecule has 0 bridgehead atoms. The lowest BCUT2D eigenvalue weighted by Crippen LogP contribution is -2.58. The normalized spacial score (nSPS) is 18.4. The summed E-state index contributed by atoms with van der Waals surface area (Å²) >= 11 is 0. The fraction of sp³-hybridized carbons (Fsp3) is 0.607. The quantitative estimate of drug-likeness (QED) is 0.0929. The Balaban J connectivity index is 2.79. The summed E-state index contributed by atoms with van der Waals surface area (Å²) in [7, 11) is -11.2. The smallest absolute Gasteiger partial charge is 0.410 e. The molecule has 1 aromatic carbocycles. The second kappa shape index (κ2) is 14.4. The molecule has 2 rings (SSSR count). The molecule has 0 unspecified atom stereocenters. The highest BCUT2D eigenvalue weighted by atomic mass is 32.2. The van der Waals surface area contributed by atoms with Gasteiger partial charge in [-0.15, -0.1) is 6.58 Å². The van der Waals surface area contributed by atoms with E-state index in [4.69, 9.17) is 18.2 Å². The van der Waals surface area contributed by atoms with Crippen molar-refractivity contribution in [3.63, 3.8) is 0 Å². The van der Waals surface area contributed by atoms with E-state index in [9.17, 15) is 31.7 Å². The number of ether oxygens (including phenoxy) is 1. The standard InChI is InChI=1S/C28H45N3O11S2Si/c1-11-16-39-31(44(37,38)25-15-13-12-14-23(25)30(33)34)24-18-29(26(32)42-27(2,3)4)22(17-21(24)19-40-43(8,35)36)20-41-45(9,10)28(5,6)7/h11-15,17,22,24H,1,16,18-20H2,2-10H3/t22-,24+/m0/s1. The number of carbonyl (C=O) groups is 1. The summed E-state index contributed by atoms with van der Waals surface area (Å²) in [4.78, 5) is 30.8. The van der Waals surface area contributed by atoms with Gasteiger partial charge in [-0.1, -0.05) is 49.5 Å². The first-order valence-corrected chi connectivity index (χ1v) is 20.3. The average molecular weight is 692 g/mol. The molecule has 0 saturated heterocycles. The summed E-state index contributed by atoms with van der Waals surface area (Å²) in [5.41, 5.74) is -1.50. The Labute approximate surface area is 267 Å². The Hall–Kier alpha value is -2.67. The van der Waals surface area contributed by atoms with E-state index in [1.165, 1.54) is 29.2 Å². The van der Waals surface area contributed by atoms with Gasteiger partial charge in [0.15, 0.2) is 13.2 Å². The molecule has 0 spiro atoms. The highest BCUT2D eigenvalue weighted by Crippen LogP contribution is 2.38. The van der Waals surface area contributed by atoms with Crippen LogP contribution in [0.2, 0.25) is 18.1 Å². The van der Waals surface area contributed by atoms with E-state index >= 15 is 0 Å². The molecule has 0 aliphatic carbocycles. The lowest BCUT2D eigenvalue weighted by atomic mass is 9.99. The lowest BCUT2D eigenvalue weighted by molar-refractivity contribution is -0.388. The van der Waals surface area contributed by atoms with Gasteiger partial charge in [0.25, 0.3) is 25.8 Å². The van der Waals surface area contributed by atoms with E-state index in [0.29, 0.717) is 4.47 Å². The lowest BCUT2D eigenvalue weighted by Gasteiger charge is -2.43. The summed E-state index contributed by atoms with van der Waals surface area (Å²) in [6.45, 7) is 17.4. The summed E-state index contributed by atoms with van der Waals surface area (Å²) in [6.07, 6.45) is 2.81. The molecule has 1 amide bonds. The molecule has 1 aliphatic heterocycles. The highest BCUT2D eigenvalue weighted by molar-refractivity contribution is 7.89. The van der Waals surface area contributed by atoms with Crippen LogP contribution in [-0.4, -0.2) is 95.8 Å². The van der Waals surface area contributed by atoms with Gasteiger partial charge in [-0.3, -0.25) is 24.0 Å². The Morgan fingerprint density at radius 3 is 2.27 bits per heavy atom. The van der Waals surface area contributed by atoms with Crippen LogP contribution in [0.1, 0.15) is 41.5 Å². The third-order valence-corrected chi connectivity index (χ3v) is 14.0. The molecule has 0 saturated carbocycles. The molecule has 1 aliphatic rings. The predicted octanol–water partition coefficient (Wildman–Crippen LogP) is 4.62. The van der Waals surface area contributed by atoms with E-state index in [1.54, 1.807) is 20.8 Å². The van der Waals surface area contributed by atoms with Crippen molar-refractivity contribution in [1.82, 2.24) is 9.37 Å². The molecule has 2 atom stereocenters. The van der Waals surface area contributed by atoms with Gasteiger partial charge in [-0.2, -0.15) is 8.42 Å². The number of para-hydroxylation sites is 1. The first kappa shape index (κ1) is 38.5. The SMILES string of the molecule is C=CCON([C@@H]1CN(C(=O)OC(C)(C)C)[C@H](CO[Si](C)(C)C(C)(C)C)C=C1COS(C)(=O)=O)S(=O)(=O)c1ccccc1[N+](=O)[O-]. The van der Waals surface area contributed by atoms with Gasteiger partial charge in [-0.25, -0.2) is 13.2 Å². The molecule has 0 fully saturated rings. The van der Waals surface area contributed by atoms with Gasteiger partial charge in [0.1, 0.15) is 5.60 Å². The summed E-state index contributed by atoms with van der Waals surface area (Å²) in [6, 6.07) is 2.50. The molecule has 0 aromatic heterocycles. The zero-order chi connectivity index (χ0) is 34.6. The fourth-order valence-electron chi connectivity index (χ4n) is 3.96. The highest BCUT2D eigenvalue weighted by Gasteiger charge is 2.45. The average Bonchev–Trinajstić information content (AvgIpc) is 2.89. The molecule has 1 aromatic rings. The van der Waals surface area contributed by atoms with E-state index in [-0.39, 0.29) is 23.8 Å². The van der Waals surface area contributed by atoms with Crippen LogP contribution in [0.15, 0.2) is 53.5 Å². The number of benzene rings is 1. The Kier molecular flexibility index (Phi) is 12.3. The van der Waals surface area contributed by atoms with Crippen LogP contribution < -0.4 is 0 Å². The van der Waals surface area contributed by atoms with Gasteiger partial charge >= 0.3 is 6.09 Å². The molecule has 17 heteroatoms. The zero-order valence-electron chi connectivity index (χ0n) is 27.3. The first-order valence-electron chi connectivity index (χ1n) is 14.1. The van der Waals surface area contributed by atoms with Crippen molar-refractivity contribution in [3.05, 3.63) is 58.7 Å². The largest absolute Gasteiger partial charge is 0.444 e. The number of nitro benzene ring substituents is 1. The molecular weight excluding hydrogens is 647 g/mol. The third-order valence-electron chi connectivity index (χ3n) is 7.24. The van der Waals surface area contributed by atoms with Crippen LogP contribution in [-0.2, 0) is 38.3 Å². The minimum absolute atomic E-state index is 0.00471. The van der Waals surface area contributed by atoms with Crippen LogP contribution in [0, 0.1) is 10.1 Å². The van der Waals surface area contributed by atoms with Crippen molar-refractivity contribution in [3.8, 4) is 0 Å². The van der Waals surface area contributed by atoms with E-state index < -0.39 is 80.9 Å². The molecule has 1 heterocycles. The van der Waals surface area contributed by atoms with Crippen molar-refractivity contribution < 1.29 is 44.7 Å². The number of hydroxylamine groups is 1. The monoisotopic (exact) mass is 691 g/mol. The number of rotatable bonds is 13. The number of amides is 1. The maximum absolute atomic E-state index is 14.1. The zero-order valence-corrected chi connectivity index (χ0v) is 29.9. The van der Waals surface area contributed by atoms with E-state index in [2.05, 4.69) is 6.58 Å². The molecule has 0 N–H and O–H groups in total. The van der Waals surface area contributed by atoms with Crippen molar-refractivity contribution in [2.75, 3.05) is 32.6 Å². The molecule has 254 valence electrons.